The van der Waals surface area contributed by atoms with Crippen molar-refractivity contribution >= 4 is 5.69 Å². The van der Waals surface area contributed by atoms with Crippen molar-refractivity contribution in [2.45, 2.75) is 38.6 Å². The minimum Gasteiger partial charge on any atom is -0.381 e. The van der Waals surface area contributed by atoms with Crippen LogP contribution in [-0.2, 0) is 0 Å². The summed E-state index contributed by atoms with van der Waals surface area (Å²) in [5.74, 6) is 1.78. The van der Waals surface area contributed by atoms with Crippen molar-refractivity contribution in [3.05, 3.63) is 29.3 Å². The number of fused-ring (bicyclic) bond motifs is 2. The molecule has 3 atom stereocenters. The monoisotopic (exact) mass is 226 g/mol. The third kappa shape index (κ3) is 1.80. The number of nitrogens with zero attached hydrogens (tertiary/aromatic N) is 1. The van der Waals surface area contributed by atoms with Crippen LogP contribution in [-0.4, -0.2) is 6.04 Å². The molecule has 0 amide bonds. The lowest BCUT2D eigenvalue weighted by molar-refractivity contribution is 0.439. The van der Waals surface area contributed by atoms with Crippen LogP contribution in [0.4, 0.5) is 5.69 Å². The molecule has 2 fully saturated rings. The summed E-state index contributed by atoms with van der Waals surface area (Å²) >= 11 is 0. The summed E-state index contributed by atoms with van der Waals surface area (Å²) in [7, 11) is 0. The van der Waals surface area contributed by atoms with Gasteiger partial charge in [-0.15, -0.1) is 0 Å². The van der Waals surface area contributed by atoms with Crippen molar-refractivity contribution in [3.8, 4) is 6.07 Å². The van der Waals surface area contributed by atoms with Gasteiger partial charge in [-0.25, -0.2) is 0 Å². The van der Waals surface area contributed by atoms with Gasteiger partial charge >= 0.3 is 0 Å². The fourth-order valence-electron chi connectivity index (χ4n) is 3.56. The van der Waals surface area contributed by atoms with E-state index >= 15 is 0 Å². The molecule has 2 bridgehead atoms. The average Bonchev–Trinajstić information content (AvgIpc) is 2.93. The smallest absolute Gasteiger partial charge is 0.101 e. The summed E-state index contributed by atoms with van der Waals surface area (Å²) in [5, 5.41) is 12.8. The van der Waals surface area contributed by atoms with Gasteiger partial charge in [0.05, 0.1) is 11.3 Å². The van der Waals surface area contributed by atoms with E-state index < -0.39 is 0 Å². The largest absolute Gasteiger partial charge is 0.381 e. The molecule has 0 aliphatic heterocycles. The normalized spacial score (nSPS) is 30.2. The molecule has 3 rings (SSSR count). The molecule has 0 heterocycles. The summed E-state index contributed by atoms with van der Waals surface area (Å²) in [6.45, 7) is 2.08. The summed E-state index contributed by atoms with van der Waals surface area (Å²) in [5.41, 5.74) is 3.03. The lowest BCUT2D eigenvalue weighted by Crippen LogP contribution is -2.26. The first kappa shape index (κ1) is 10.7. The molecule has 88 valence electrons. The highest BCUT2D eigenvalue weighted by Gasteiger charge is 2.39. The minimum absolute atomic E-state index is 0.599. The van der Waals surface area contributed by atoms with Crippen LogP contribution in [0.2, 0.25) is 0 Å². The van der Waals surface area contributed by atoms with Crippen LogP contribution in [0, 0.1) is 30.1 Å². The zero-order valence-electron chi connectivity index (χ0n) is 10.2. The second-order valence-electron chi connectivity index (χ2n) is 5.53. The average molecular weight is 226 g/mol. The molecular formula is C15H18N2. The summed E-state index contributed by atoms with van der Waals surface area (Å²) in [6.07, 6.45) is 5.48. The molecule has 1 aromatic rings. The predicted molar refractivity (Wildman–Crippen MR) is 68.8 cm³/mol. The number of aryl methyl sites for hydroxylation is 1. The second-order valence-corrected chi connectivity index (χ2v) is 5.53. The Morgan fingerprint density at radius 1 is 1.29 bits per heavy atom. The second kappa shape index (κ2) is 4.07. The van der Waals surface area contributed by atoms with Crippen molar-refractivity contribution in [1.29, 1.82) is 5.26 Å². The number of nitrogens with one attached hydrogen (secondary N) is 1. The van der Waals surface area contributed by atoms with Gasteiger partial charge in [0.2, 0.25) is 0 Å². The van der Waals surface area contributed by atoms with Gasteiger partial charge < -0.3 is 5.32 Å². The molecule has 0 aromatic heterocycles. The molecule has 0 saturated heterocycles. The number of para-hydroxylation sites is 1. The molecule has 2 aliphatic carbocycles. The van der Waals surface area contributed by atoms with E-state index in [0.29, 0.717) is 6.04 Å². The lowest BCUT2D eigenvalue weighted by atomic mass is 9.94. The summed E-state index contributed by atoms with van der Waals surface area (Å²) in [6, 6.07) is 8.83. The van der Waals surface area contributed by atoms with E-state index in [-0.39, 0.29) is 0 Å². The van der Waals surface area contributed by atoms with Crippen LogP contribution in [0.1, 0.15) is 36.8 Å². The lowest BCUT2D eigenvalue weighted by Gasteiger charge is -2.25. The number of anilines is 1. The van der Waals surface area contributed by atoms with Crippen molar-refractivity contribution < 1.29 is 0 Å². The molecule has 0 spiro atoms. The van der Waals surface area contributed by atoms with Crippen LogP contribution in [0.25, 0.3) is 0 Å². The Kier molecular flexibility index (Phi) is 2.55. The highest BCUT2D eigenvalue weighted by atomic mass is 14.9. The molecule has 2 heteroatoms. The van der Waals surface area contributed by atoms with Gasteiger partial charge in [-0.05, 0) is 49.7 Å². The van der Waals surface area contributed by atoms with Gasteiger partial charge in [-0.3, -0.25) is 0 Å². The highest BCUT2D eigenvalue weighted by molar-refractivity contribution is 5.62. The fourth-order valence-corrected chi connectivity index (χ4v) is 3.56. The third-order valence-electron chi connectivity index (χ3n) is 4.46. The maximum atomic E-state index is 9.16. The molecule has 0 radical (unpaired) electrons. The van der Waals surface area contributed by atoms with Gasteiger partial charge in [-0.2, -0.15) is 5.26 Å². The third-order valence-corrected chi connectivity index (χ3v) is 4.46. The van der Waals surface area contributed by atoms with Gasteiger partial charge in [0.25, 0.3) is 0 Å². The standard InChI is InChI=1S/C15H18N2/c1-10-3-2-4-13(9-16)15(10)17-14-8-11-5-6-12(14)7-11/h2-4,11-12,14,17H,5-8H2,1H3. The van der Waals surface area contributed by atoms with Gasteiger partial charge in [0, 0.05) is 6.04 Å². The number of hydrogen-bond donors (Lipinski definition) is 1. The molecule has 17 heavy (non-hydrogen) atoms. The Hall–Kier alpha value is -1.49. The zero-order valence-corrected chi connectivity index (χ0v) is 10.2. The van der Waals surface area contributed by atoms with Crippen molar-refractivity contribution in [2.75, 3.05) is 5.32 Å². The van der Waals surface area contributed by atoms with E-state index in [1.165, 1.54) is 31.2 Å². The van der Waals surface area contributed by atoms with E-state index in [9.17, 15) is 0 Å². The highest BCUT2D eigenvalue weighted by Crippen LogP contribution is 2.45. The summed E-state index contributed by atoms with van der Waals surface area (Å²) in [4.78, 5) is 0. The SMILES string of the molecule is Cc1cccc(C#N)c1NC1CC2CCC1C2. The Morgan fingerprint density at radius 2 is 2.18 bits per heavy atom. The summed E-state index contributed by atoms with van der Waals surface area (Å²) < 4.78 is 0. The van der Waals surface area contributed by atoms with Crippen molar-refractivity contribution in [3.63, 3.8) is 0 Å². The van der Waals surface area contributed by atoms with Crippen LogP contribution >= 0.6 is 0 Å². The predicted octanol–water partition coefficient (Wildman–Crippen LogP) is 3.47. The first-order valence-corrected chi connectivity index (χ1v) is 6.54. The maximum absolute atomic E-state index is 9.16. The topological polar surface area (TPSA) is 35.8 Å². The maximum Gasteiger partial charge on any atom is 0.101 e. The Labute approximate surface area is 103 Å². The van der Waals surface area contributed by atoms with Crippen LogP contribution < -0.4 is 5.32 Å². The van der Waals surface area contributed by atoms with E-state index in [0.717, 1.165) is 23.1 Å². The molecule has 2 nitrogen and oxygen atoms in total. The molecular weight excluding hydrogens is 208 g/mol. The molecule has 2 saturated carbocycles. The van der Waals surface area contributed by atoms with Gasteiger partial charge in [0.15, 0.2) is 0 Å². The van der Waals surface area contributed by atoms with E-state index in [1.807, 2.05) is 12.1 Å². The van der Waals surface area contributed by atoms with E-state index in [1.54, 1.807) is 0 Å². The first-order valence-electron chi connectivity index (χ1n) is 6.54. The number of rotatable bonds is 2. The van der Waals surface area contributed by atoms with Crippen molar-refractivity contribution in [2.24, 2.45) is 11.8 Å². The Morgan fingerprint density at radius 3 is 2.82 bits per heavy atom. The van der Waals surface area contributed by atoms with E-state index in [2.05, 4.69) is 24.4 Å². The van der Waals surface area contributed by atoms with Crippen molar-refractivity contribution in [1.82, 2.24) is 0 Å². The number of nitriles is 1. The molecule has 1 N–H and O–H groups in total. The van der Waals surface area contributed by atoms with Crippen LogP contribution in [0.5, 0.6) is 0 Å². The minimum atomic E-state index is 0.599. The number of benzene rings is 1. The first-order chi connectivity index (χ1) is 8.28. The zero-order chi connectivity index (χ0) is 11.8. The molecule has 3 unspecified atom stereocenters. The van der Waals surface area contributed by atoms with Crippen LogP contribution in [0.3, 0.4) is 0 Å². The molecule has 2 aliphatic rings. The fraction of sp³-hybridized carbons (Fsp3) is 0.533. The van der Waals surface area contributed by atoms with Crippen LogP contribution in [0.15, 0.2) is 18.2 Å². The van der Waals surface area contributed by atoms with E-state index in [4.69, 9.17) is 5.26 Å². The quantitative estimate of drug-likeness (QED) is 0.838. The Balaban J connectivity index is 1.84. The van der Waals surface area contributed by atoms with Gasteiger partial charge in [-0.1, -0.05) is 18.6 Å². The number of hydrogen-bond acceptors (Lipinski definition) is 2. The Bertz CT molecular complexity index is 472. The molecule has 1 aromatic carbocycles. The van der Waals surface area contributed by atoms with Gasteiger partial charge in [0.1, 0.15) is 6.07 Å².